The number of alkyl halides is 2. The van der Waals surface area contributed by atoms with Gasteiger partial charge in [0.25, 0.3) is 11.8 Å². The van der Waals surface area contributed by atoms with Crippen LogP contribution in [0, 0.1) is 5.92 Å². The van der Waals surface area contributed by atoms with Gasteiger partial charge in [-0.15, -0.1) is 5.10 Å². The van der Waals surface area contributed by atoms with E-state index in [1.165, 1.54) is 18.1 Å². The first-order valence-electron chi connectivity index (χ1n) is 8.76. The molecular weight excluding hydrogens is 356 g/mol. The molecule has 0 bridgehead atoms. The molecule has 2 fully saturated rings. The number of amides is 2. The van der Waals surface area contributed by atoms with Crippen LogP contribution < -0.4 is 5.32 Å². The van der Waals surface area contributed by atoms with Crippen LogP contribution in [0.2, 0.25) is 0 Å². The standard InChI is InChI=1S/C18H19F2N5O2/c1-24-14-12(18(14,19)20)7-8-13(17(24)27)22-16(26)15-21-10-25(23-15)9-11-5-3-2-4-6-11/h2-6,10,12-14H,7-9H2,1H3,(H,22,26)/t12-,13+,14?/m1/s1. The molecular formula is C18H19F2N5O2. The molecule has 2 heterocycles. The highest BCUT2D eigenvalue weighted by Gasteiger charge is 2.71. The summed E-state index contributed by atoms with van der Waals surface area (Å²) in [5.74, 6) is -4.79. The van der Waals surface area contributed by atoms with Gasteiger partial charge in [0.2, 0.25) is 11.7 Å². The molecule has 0 spiro atoms. The van der Waals surface area contributed by atoms with Crippen LogP contribution in [0.15, 0.2) is 36.7 Å². The number of fused-ring (bicyclic) bond motifs is 1. The van der Waals surface area contributed by atoms with Crippen molar-refractivity contribution in [2.45, 2.75) is 37.4 Å². The minimum atomic E-state index is -2.82. The predicted octanol–water partition coefficient (Wildman–Crippen LogP) is 1.31. The van der Waals surface area contributed by atoms with Gasteiger partial charge in [0, 0.05) is 7.05 Å². The van der Waals surface area contributed by atoms with Crippen molar-refractivity contribution in [1.29, 1.82) is 0 Å². The fraction of sp³-hybridized carbons (Fsp3) is 0.444. The van der Waals surface area contributed by atoms with E-state index < -0.39 is 35.7 Å². The van der Waals surface area contributed by atoms with Crippen molar-refractivity contribution in [3.8, 4) is 0 Å². The summed E-state index contributed by atoms with van der Waals surface area (Å²) in [4.78, 5) is 29.9. The smallest absolute Gasteiger partial charge is 0.291 e. The van der Waals surface area contributed by atoms with E-state index in [9.17, 15) is 18.4 Å². The summed E-state index contributed by atoms with van der Waals surface area (Å²) in [6.07, 6.45) is 1.81. The first-order valence-corrected chi connectivity index (χ1v) is 8.76. The van der Waals surface area contributed by atoms with E-state index in [-0.39, 0.29) is 18.7 Å². The first kappa shape index (κ1) is 17.6. The third kappa shape index (κ3) is 3.17. The highest BCUT2D eigenvalue weighted by atomic mass is 19.3. The Hall–Kier alpha value is -2.84. The van der Waals surface area contributed by atoms with E-state index in [4.69, 9.17) is 0 Å². The summed E-state index contributed by atoms with van der Waals surface area (Å²) in [6, 6.07) is 7.68. The minimum absolute atomic E-state index is 0.0545. The Kier molecular flexibility index (Phi) is 4.16. The zero-order valence-corrected chi connectivity index (χ0v) is 14.7. The molecule has 2 amide bonds. The summed E-state index contributed by atoms with van der Waals surface area (Å²) in [6.45, 7) is 0.463. The van der Waals surface area contributed by atoms with Crippen molar-refractivity contribution in [3.05, 3.63) is 48.0 Å². The Labute approximate surface area is 154 Å². The highest BCUT2D eigenvalue weighted by molar-refractivity contribution is 5.95. The molecule has 1 unspecified atom stereocenters. The lowest BCUT2D eigenvalue weighted by atomic mass is 10.1. The number of nitrogens with one attached hydrogen (secondary N) is 1. The fourth-order valence-electron chi connectivity index (χ4n) is 3.71. The van der Waals surface area contributed by atoms with Gasteiger partial charge < -0.3 is 10.2 Å². The number of benzene rings is 1. The lowest BCUT2D eigenvalue weighted by Gasteiger charge is -2.22. The minimum Gasteiger partial charge on any atom is -0.337 e. The summed E-state index contributed by atoms with van der Waals surface area (Å²) in [5, 5.41) is 6.72. The van der Waals surface area contributed by atoms with Crippen molar-refractivity contribution in [3.63, 3.8) is 0 Å². The van der Waals surface area contributed by atoms with E-state index in [0.29, 0.717) is 6.54 Å². The zero-order chi connectivity index (χ0) is 19.2. The molecule has 1 saturated carbocycles. The van der Waals surface area contributed by atoms with Gasteiger partial charge in [0.05, 0.1) is 12.5 Å². The van der Waals surface area contributed by atoms with Gasteiger partial charge in [-0.3, -0.25) is 9.59 Å². The highest BCUT2D eigenvalue weighted by Crippen LogP contribution is 2.55. The number of halogens is 2. The third-order valence-corrected chi connectivity index (χ3v) is 5.22. The summed E-state index contributed by atoms with van der Waals surface area (Å²) < 4.78 is 28.8. The fourth-order valence-corrected chi connectivity index (χ4v) is 3.71. The maximum atomic E-state index is 13.6. The van der Waals surface area contributed by atoms with E-state index in [2.05, 4.69) is 15.4 Å². The molecule has 0 radical (unpaired) electrons. The van der Waals surface area contributed by atoms with Gasteiger partial charge in [-0.2, -0.15) is 0 Å². The molecule has 9 heteroatoms. The Balaban J connectivity index is 1.40. The number of hydrogen-bond acceptors (Lipinski definition) is 4. The van der Waals surface area contributed by atoms with Crippen LogP contribution in [-0.4, -0.2) is 56.5 Å². The molecule has 4 rings (SSSR count). The number of hydrogen-bond donors (Lipinski definition) is 1. The number of likely N-dealkylation sites (N-methyl/N-ethyl adjacent to an activating group) is 1. The summed E-state index contributed by atoms with van der Waals surface area (Å²) in [7, 11) is 1.36. The Bertz CT molecular complexity index is 870. The maximum Gasteiger partial charge on any atom is 0.291 e. The molecule has 142 valence electrons. The van der Waals surface area contributed by atoms with Gasteiger partial charge in [-0.25, -0.2) is 18.4 Å². The molecule has 2 aliphatic rings. The van der Waals surface area contributed by atoms with Gasteiger partial charge in [-0.05, 0) is 18.4 Å². The molecule has 2 aromatic rings. The quantitative estimate of drug-likeness (QED) is 0.874. The second-order valence-corrected chi connectivity index (χ2v) is 7.03. The molecule has 1 N–H and O–H groups in total. The average molecular weight is 375 g/mol. The molecule has 1 aliphatic heterocycles. The monoisotopic (exact) mass is 375 g/mol. The van der Waals surface area contributed by atoms with Crippen molar-refractivity contribution in [2.24, 2.45) is 5.92 Å². The molecule has 7 nitrogen and oxygen atoms in total. The SMILES string of the molecule is CN1C(=O)[C@@H](NC(=O)c2ncn(Cc3ccccc3)n2)CC[C@@H]2C1C2(F)F. The van der Waals surface area contributed by atoms with Crippen molar-refractivity contribution in [1.82, 2.24) is 25.0 Å². The van der Waals surface area contributed by atoms with Gasteiger partial charge in [0.15, 0.2) is 0 Å². The molecule has 3 atom stereocenters. The van der Waals surface area contributed by atoms with E-state index in [1.54, 1.807) is 0 Å². The summed E-state index contributed by atoms with van der Waals surface area (Å²) in [5.41, 5.74) is 1.01. The van der Waals surface area contributed by atoms with Gasteiger partial charge in [0.1, 0.15) is 18.4 Å². The normalized spacial score (nSPS) is 26.3. The van der Waals surface area contributed by atoms with Crippen LogP contribution in [0.5, 0.6) is 0 Å². The Morgan fingerprint density at radius 3 is 2.78 bits per heavy atom. The molecule has 27 heavy (non-hydrogen) atoms. The second kappa shape index (κ2) is 6.40. The van der Waals surface area contributed by atoms with E-state index >= 15 is 0 Å². The first-order chi connectivity index (χ1) is 12.9. The van der Waals surface area contributed by atoms with Gasteiger partial charge >= 0.3 is 0 Å². The topological polar surface area (TPSA) is 80.1 Å². The molecule has 1 aliphatic carbocycles. The van der Waals surface area contributed by atoms with Crippen LogP contribution >= 0.6 is 0 Å². The van der Waals surface area contributed by atoms with Crippen LogP contribution in [0.3, 0.4) is 0 Å². The lowest BCUT2D eigenvalue weighted by Crippen LogP contribution is -2.48. The zero-order valence-electron chi connectivity index (χ0n) is 14.7. The van der Waals surface area contributed by atoms with Crippen LogP contribution in [0.1, 0.15) is 29.0 Å². The number of rotatable bonds is 4. The van der Waals surface area contributed by atoms with Crippen LogP contribution in [0.25, 0.3) is 0 Å². The second-order valence-electron chi connectivity index (χ2n) is 7.03. The molecule has 1 saturated heterocycles. The van der Waals surface area contributed by atoms with Crippen LogP contribution in [0.4, 0.5) is 8.78 Å². The number of aromatic nitrogens is 3. The summed E-state index contributed by atoms with van der Waals surface area (Å²) >= 11 is 0. The Morgan fingerprint density at radius 2 is 2.04 bits per heavy atom. The van der Waals surface area contributed by atoms with E-state index in [0.717, 1.165) is 10.5 Å². The maximum absolute atomic E-state index is 13.6. The number of likely N-dealkylation sites (tertiary alicyclic amines) is 1. The number of carbonyl (C=O) groups is 2. The van der Waals surface area contributed by atoms with Crippen molar-refractivity contribution in [2.75, 3.05) is 7.05 Å². The molecule has 1 aromatic heterocycles. The Morgan fingerprint density at radius 1 is 1.30 bits per heavy atom. The number of nitrogens with zero attached hydrogens (tertiary/aromatic N) is 4. The van der Waals surface area contributed by atoms with Crippen LogP contribution in [-0.2, 0) is 11.3 Å². The third-order valence-electron chi connectivity index (χ3n) is 5.22. The lowest BCUT2D eigenvalue weighted by molar-refractivity contribution is -0.133. The van der Waals surface area contributed by atoms with E-state index in [1.807, 2.05) is 30.3 Å². The van der Waals surface area contributed by atoms with Crippen molar-refractivity contribution < 1.29 is 18.4 Å². The molecule has 1 aromatic carbocycles. The van der Waals surface area contributed by atoms with Crippen molar-refractivity contribution >= 4 is 11.8 Å². The largest absolute Gasteiger partial charge is 0.337 e. The average Bonchev–Trinajstić information content (AvgIpc) is 2.99. The predicted molar refractivity (Wildman–Crippen MR) is 91.0 cm³/mol. The van der Waals surface area contributed by atoms with Gasteiger partial charge in [-0.1, -0.05) is 30.3 Å². The number of carbonyl (C=O) groups excluding carboxylic acids is 2.